The first-order chi connectivity index (χ1) is 14.1. The molecular formula is C23H33N5O. The molecule has 1 saturated heterocycles. The van der Waals surface area contributed by atoms with Gasteiger partial charge in [0.1, 0.15) is 5.75 Å². The fourth-order valence-electron chi connectivity index (χ4n) is 3.60. The van der Waals surface area contributed by atoms with Gasteiger partial charge >= 0.3 is 0 Å². The van der Waals surface area contributed by atoms with E-state index in [9.17, 15) is 0 Å². The van der Waals surface area contributed by atoms with Gasteiger partial charge in [0.05, 0.1) is 19.3 Å². The molecule has 1 heterocycles. The third-order valence-corrected chi connectivity index (χ3v) is 5.15. The number of hydrogen-bond acceptors (Lipinski definition) is 4. The lowest BCUT2D eigenvalue weighted by molar-refractivity contribution is 0.415. The number of nitrogens with zero attached hydrogens (tertiary/aromatic N) is 3. The van der Waals surface area contributed by atoms with E-state index in [0.717, 1.165) is 43.5 Å². The Labute approximate surface area is 174 Å². The first-order valence-corrected chi connectivity index (χ1v) is 10.3. The summed E-state index contributed by atoms with van der Waals surface area (Å²) in [5.74, 6) is 1.80. The van der Waals surface area contributed by atoms with Gasteiger partial charge in [-0.3, -0.25) is 0 Å². The molecule has 1 atom stereocenters. The van der Waals surface area contributed by atoms with Crippen molar-refractivity contribution in [2.24, 2.45) is 4.99 Å². The van der Waals surface area contributed by atoms with E-state index in [1.807, 2.05) is 12.1 Å². The van der Waals surface area contributed by atoms with Gasteiger partial charge in [0, 0.05) is 45.5 Å². The minimum absolute atomic E-state index is 0.353. The maximum atomic E-state index is 5.53. The second kappa shape index (κ2) is 10.0. The fourth-order valence-corrected chi connectivity index (χ4v) is 3.60. The molecule has 2 N–H and O–H groups in total. The largest absolute Gasteiger partial charge is 0.495 e. The van der Waals surface area contributed by atoms with Gasteiger partial charge in [-0.1, -0.05) is 24.3 Å². The highest BCUT2D eigenvalue weighted by atomic mass is 16.5. The lowest BCUT2D eigenvalue weighted by Crippen LogP contribution is -2.44. The molecule has 156 valence electrons. The van der Waals surface area contributed by atoms with Gasteiger partial charge in [-0.2, -0.15) is 0 Å². The number of rotatable bonds is 7. The molecule has 0 bridgehead atoms. The van der Waals surface area contributed by atoms with Crippen LogP contribution in [0.3, 0.4) is 0 Å². The predicted octanol–water partition coefficient (Wildman–Crippen LogP) is 3.10. The summed E-state index contributed by atoms with van der Waals surface area (Å²) in [6.45, 7) is 5.52. The van der Waals surface area contributed by atoms with Crippen molar-refractivity contribution in [1.29, 1.82) is 0 Å². The molecule has 3 rings (SSSR count). The molecule has 6 nitrogen and oxygen atoms in total. The Hall–Kier alpha value is -2.89. The van der Waals surface area contributed by atoms with Crippen LogP contribution < -0.4 is 25.2 Å². The number of para-hydroxylation sites is 2. The maximum Gasteiger partial charge on any atom is 0.191 e. The minimum atomic E-state index is 0.353. The van der Waals surface area contributed by atoms with Crippen LogP contribution in [0.1, 0.15) is 18.9 Å². The van der Waals surface area contributed by atoms with E-state index >= 15 is 0 Å². The van der Waals surface area contributed by atoms with Gasteiger partial charge in [-0.05, 0) is 43.2 Å². The first-order valence-electron chi connectivity index (χ1n) is 10.3. The van der Waals surface area contributed by atoms with Crippen LogP contribution in [-0.2, 0) is 6.54 Å². The van der Waals surface area contributed by atoms with Crippen LogP contribution in [0.5, 0.6) is 5.75 Å². The summed E-state index contributed by atoms with van der Waals surface area (Å²) in [4.78, 5) is 9.30. The van der Waals surface area contributed by atoms with Crippen LogP contribution >= 0.6 is 0 Å². The summed E-state index contributed by atoms with van der Waals surface area (Å²) in [6, 6.07) is 17.1. The summed E-state index contributed by atoms with van der Waals surface area (Å²) in [5.41, 5.74) is 3.55. The van der Waals surface area contributed by atoms with Crippen molar-refractivity contribution in [3.05, 3.63) is 54.1 Å². The van der Waals surface area contributed by atoms with E-state index in [4.69, 9.17) is 9.73 Å². The Morgan fingerprint density at radius 3 is 2.79 bits per heavy atom. The maximum absolute atomic E-state index is 5.53. The quantitative estimate of drug-likeness (QED) is 0.557. The Morgan fingerprint density at radius 1 is 1.21 bits per heavy atom. The predicted molar refractivity (Wildman–Crippen MR) is 122 cm³/mol. The second-order valence-corrected chi connectivity index (χ2v) is 7.51. The van der Waals surface area contributed by atoms with Crippen LogP contribution in [-0.4, -0.2) is 52.8 Å². The van der Waals surface area contributed by atoms with Crippen molar-refractivity contribution in [2.75, 3.05) is 50.6 Å². The normalized spacial score (nSPS) is 16.6. The Bertz CT molecular complexity index is 820. The first kappa shape index (κ1) is 20.8. The number of benzene rings is 2. The summed E-state index contributed by atoms with van der Waals surface area (Å²) in [5, 5.41) is 6.99. The standard InChI is InChI=1S/C23H33N5O/c1-5-24-23(25-16-18-9-8-10-20(15-18)27(2)3)26-19-13-14-28(17-19)21-11-6-7-12-22(21)29-4/h6-12,15,19H,5,13-14,16-17H2,1-4H3,(H2,24,25,26). The molecule has 1 unspecified atom stereocenters. The number of nitrogens with one attached hydrogen (secondary N) is 2. The van der Waals surface area contributed by atoms with Gasteiger partial charge in [0.15, 0.2) is 5.96 Å². The van der Waals surface area contributed by atoms with Crippen LogP contribution in [0.4, 0.5) is 11.4 Å². The lowest BCUT2D eigenvalue weighted by Gasteiger charge is -2.22. The Kier molecular flexibility index (Phi) is 7.22. The van der Waals surface area contributed by atoms with E-state index in [1.165, 1.54) is 11.3 Å². The molecule has 29 heavy (non-hydrogen) atoms. The summed E-state index contributed by atoms with van der Waals surface area (Å²) in [6.07, 6.45) is 1.07. The molecule has 0 saturated carbocycles. The van der Waals surface area contributed by atoms with E-state index in [2.05, 4.69) is 77.9 Å². The molecule has 0 radical (unpaired) electrons. The molecule has 0 amide bonds. The molecule has 2 aromatic carbocycles. The average molecular weight is 396 g/mol. The lowest BCUT2D eigenvalue weighted by atomic mass is 10.2. The molecule has 0 spiro atoms. The Balaban J connectivity index is 1.63. The number of methoxy groups -OCH3 is 1. The number of ether oxygens (including phenoxy) is 1. The third-order valence-electron chi connectivity index (χ3n) is 5.15. The van der Waals surface area contributed by atoms with Crippen molar-refractivity contribution in [3.63, 3.8) is 0 Å². The fraction of sp³-hybridized carbons (Fsp3) is 0.435. The van der Waals surface area contributed by atoms with E-state index in [1.54, 1.807) is 7.11 Å². The summed E-state index contributed by atoms with van der Waals surface area (Å²) >= 11 is 0. The number of anilines is 2. The zero-order chi connectivity index (χ0) is 20.6. The smallest absolute Gasteiger partial charge is 0.191 e. The van der Waals surface area contributed by atoms with Gasteiger partial charge in [0.25, 0.3) is 0 Å². The van der Waals surface area contributed by atoms with Gasteiger partial charge < -0.3 is 25.2 Å². The van der Waals surface area contributed by atoms with E-state index in [0.29, 0.717) is 12.6 Å². The number of hydrogen-bond donors (Lipinski definition) is 2. The summed E-state index contributed by atoms with van der Waals surface area (Å²) < 4.78 is 5.53. The van der Waals surface area contributed by atoms with Crippen LogP contribution in [0.25, 0.3) is 0 Å². The van der Waals surface area contributed by atoms with Crippen LogP contribution in [0.15, 0.2) is 53.5 Å². The zero-order valence-corrected chi connectivity index (χ0v) is 18.0. The minimum Gasteiger partial charge on any atom is -0.495 e. The van der Waals surface area contributed by atoms with E-state index in [-0.39, 0.29) is 0 Å². The molecule has 6 heteroatoms. The van der Waals surface area contributed by atoms with Crippen molar-refractivity contribution in [3.8, 4) is 5.75 Å². The second-order valence-electron chi connectivity index (χ2n) is 7.51. The van der Waals surface area contributed by atoms with Gasteiger partial charge in [-0.25, -0.2) is 4.99 Å². The monoisotopic (exact) mass is 395 g/mol. The van der Waals surface area contributed by atoms with Gasteiger partial charge in [0.2, 0.25) is 0 Å². The molecule has 2 aromatic rings. The van der Waals surface area contributed by atoms with Crippen molar-refractivity contribution in [2.45, 2.75) is 25.9 Å². The average Bonchev–Trinajstić information content (AvgIpc) is 3.20. The Morgan fingerprint density at radius 2 is 2.03 bits per heavy atom. The van der Waals surface area contributed by atoms with Crippen molar-refractivity contribution < 1.29 is 4.74 Å². The molecule has 1 fully saturated rings. The molecule has 0 aliphatic carbocycles. The van der Waals surface area contributed by atoms with E-state index < -0.39 is 0 Å². The van der Waals surface area contributed by atoms with Crippen LogP contribution in [0.2, 0.25) is 0 Å². The highest BCUT2D eigenvalue weighted by Gasteiger charge is 2.25. The van der Waals surface area contributed by atoms with Gasteiger partial charge in [-0.15, -0.1) is 0 Å². The molecular weight excluding hydrogens is 362 g/mol. The van der Waals surface area contributed by atoms with Crippen LogP contribution in [0, 0.1) is 0 Å². The van der Waals surface area contributed by atoms with Crippen molar-refractivity contribution in [1.82, 2.24) is 10.6 Å². The molecule has 1 aliphatic rings. The highest BCUT2D eigenvalue weighted by molar-refractivity contribution is 5.80. The van der Waals surface area contributed by atoms with Crippen molar-refractivity contribution >= 4 is 17.3 Å². The topological polar surface area (TPSA) is 52.1 Å². The summed E-state index contributed by atoms with van der Waals surface area (Å²) in [7, 11) is 5.84. The number of aliphatic imine (C=N–C) groups is 1. The SMILES string of the molecule is CCNC(=NCc1cccc(N(C)C)c1)NC1CCN(c2ccccc2OC)C1. The third kappa shape index (κ3) is 5.56. The molecule has 0 aromatic heterocycles. The number of guanidine groups is 1. The zero-order valence-electron chi connectivity index (χ0n) is 18.0. The molecule has 1 aliphatic heterocycles. The highest BCUT2D eigenvalue weighted by Crippen LogP contribution is 2.30.